The Labute approximate surface area is 74.1 Å². The fourth-order valence-electron chi connectivity index (χ4n) is 0.795. The summed E-state index contributed by atoms with van der Waals surface area (Å²) in [4.78, 5) is 4.19. The van der Waals surface area contributed by atoms with Gasteiger partial charge in [0.05, 0.1) is 11.4 Å². The summed E-state index contributed by atoms with van der Waals surface area (Å²) < 4.78 is 0.817. The van der Waals surface area contributed by atoms with Crippen LogP contribution in [-0.4, -0.2) is 12.0 Å². The minimum Gasteiger partial charge on any atom is -0.397 e. The minimum atomic E-state index is 0.700. The van der Waals surface area contributed by atoms with Crippen LogP contribution in [0.5, 0.6) is 0 Å². The number of nitrogens with two attached hydrogens (primary N) is 1. The van der Waals surface area contributed by atoms with E-state index < -0.39 is 0 Å². The van der Waals surface area contributed by atoms with Crippen molar-refractivity contribution in [3.63, 3.8) is 0 Å². The summed E-state index contributed by atoms with van der Waals surface area (Å²) >= 11 is 3.27. The second-order valence-corrected chi connectivity index (χ2v) is 3.01. The standard InChI is InChI=1S/C7H10BrN3/c1-10-4-6-5(9)2-3-7(8)11-6/h2-3,10H,4,9H2,1H3. The summed E-state index contributed by atoms with van der Waals surface area (Å²) in [5, 5.41) is 2.99. The molecule has 0 spiro atoms. The highest BCUT2D eigenvalue weighted by atomic mass is 79.9. The van der Waals surface area contributed by atoms with Gasteiger partial charge in [-0.2, -0.15) is 0 Å². The first-order chi connectivity index (χ1) is 5.24. The lowest BCUT2D eigenvalue weighted by atomic mass is 10.3. The highest BCUT2D eigenvalue weighted by molar-refractivity contribution is 9.10. The van der Waals surface area contributed by atoms with E-state index in [0.29, 0.717) is 6.54 Å². The van der Waals surface area contributed by atoms with Crippen molar-refractivity contribution >= 4 is 21.6 Å². The van der Waals surface area contributed by atoms with Gasteiger partial charge in [0.1, 0.15) is 4.60 Å². The van der Waals surface area contributed by atoms with Crippen LogP contribution in [0.3, 0.4) is 0 Å². The van der Waals surface area contributed by atoms with Gasteiger partial charge in [0.15, 0.2) is 0 Å². The van der Waals surface area contributed by atoms with Crippen LogP contribution in [-0.2, 0) is 6.54 Å². The third kappa shape index (κ3) is 2.17. The minimum absolute atomic E-state index is 0.700. The van der Waals surface area contributed by atoms with Gasteiger partial charge in [0, 0.05) is 6.54 Å². The summed E-state index contributed by atoms with van der Waals surface area (Å²) in [6.45, 7) is 0.700. The molecule has 3 nitrogen and oxygen atoms in total. The van der Waals surface area contributed by atoms with Crippen molar-refractivity contribution in [2.45, 2.75) is 6.54 Å². The summed E-state index contributed by atoms with van der Waals surface area (Å²) in [5.74, 6) is 0. The molecule has 0 amide bonds. The predicted molar refractivity (Wildman–Crippen MR) is 49.1 cm³/mol. The summed E-state index contributed by atoms with van der Waals surface area (Å²) in [7, 11) is 1.86. The van der Waals surface area contributed by atoms with E-state index in [0.717, 1.165) is 16.0 Å². The third-order valence-electron chi connectivity index (χ3n) is 1.32. The molecule has 0 aliphatic heterocycles. The van der Waals surface area contributed by atoms with E-state index in [2.05, 4.69) is 26.2 Å². The van der Waals surface area contributed by atoms with E-state index in [4.69, 9.17) is 5.73 Å². The number of hydrogen-bond donors (Lipinski definition) is 2. The molecule has 0 aromatic carbocycles. The van der Waals surface area contributed by atoms with Crippen molar-refractivity contribution in [2.75, 3.05) is 12.8 Å². The van der Waals surface area contributed by atoms with Gasteiger partial charge < -0.3 is 11.1 Å². The number of anilines is 1. The quantitative estimate of drug-likeness (QED) is 0.729. The number of rotatable bonds is 2. The Kier molecular flexibility index (Phi) is 2.84. The Morgan fingerprint density at radius 1 is 1.64 bits per heavy atom. The van der Waals surface area contributed by atoms with Gasteiger partial charge in [0.2, 0.25) is 0 Å². The molecule has 3 N–H and O–H groups in total. The zero-order valence-corrected chi connectivity index (χ0v) is 7.85. The number of pyridine rings is 1. The second-order valence-electron chi connectivity index (χ2n) is 2.20. The molecule has 11 heavy (non-hydrogen) atoms. The van der Waals surface area contributed by atoms with Gasteiger partial charge in [-0.15, -0.1) is 0 Å². The molecule has 0 aliphatic rings. The van der Waals surface area contributed by atoms with Gasteiger partial charge >= 0.3 is 0 Å². The Morgan fingerprint density at radius 3 is 3.00 bits per heavy atom. The molecule has 60 valence electrons. The molecule has 1 aromatic rings. The summed E-state index contributed by atoms with van der Waals surface area (Å²) in [6, 6.07) is 3.66. The summed E-state index contributed by atoms with van der Waals surface area (Å²) in [6.07, 6.45) is 0. The predicted octanol–water partition coefficient (Wildman–Crippen LogP) is 1.15. The lowest BCUT2D eigenvalue weighted by Crippen LogP contribution is -2.09. The Morgan fingerprint density at radius 2 is 2.36 bits per heavy atom. The number of halogens is 1. The first kappa shape index (κ1) is 8.49. The first-order valence-electron chi connectivity index (χ1n) is 3.29. The maximum atomic E-state index is 5.65. The SMILES string of the molecule is CNCc1nc(Br)ccc1N. The van der Waals surface area contributed by atoms with E-state index in [1.807, 2.05) is 19.2 Å². The molecule has 0 fully saturated rings. The largest absolute Gasteiger partial charge is 0.397 e. The van der Waals surface area contributed by atoms with Crippen molar-refractivity contribution < 1.29 is 0 Å². The van der Waals surface area contributed by atoms with Crippen molar-refractivity contribution in [3.8, 4) is 0 Å². The highest BCUT2D eigenvalue weighted by Crippen LogP contribution is 2.13. The van der Waals surface area contributed by atoms with Crippen LogP contribution >= 0.6 is 15.9 Å². The maximum absolute atomic E-state index is 5.65. The van der Waals surface area contributed by atoms with Crippen LogP contribution in [0.15, 0.2) is 16.7 Å². The van der Waals surface area contributed by atoms with Crippen LogP contribution in [0.2, 0.25) is 0 Å². The molecule has 0 atom stereocenters. The zero-order chi connectivity index (χ0) is 8.27. The average Bonchev–Trinajstić information content (AvgIpc) is 1.98. The normalized spacial score (nSPS) is 10.0. The molecule has 0 radical (unpaired) electrons. The number of nitrogens with one attached hydrogen (secondary N) is 1. The fourth-order valence-corrected chi connectivity index (χ4v) is 1.14. The van der Waals surface area contributed by atoms with E-state index in [1.165, 1.54) is 0 Å². The van der Waals surface area contributed by atoms with Crippen molar-refractivity contribution in [1.29, 1.82) is 0 Å². The average molecular weight is 216 g/mol. The van der Waals surface area contributed by atoms with Gasteiger partial charge in [-0.1, -0.05) is 0 Å². The van der Waals surface area contributed by atoms with Crippen molar-refractivity contribution in [3.05, 3.63) is 22.4 Å². The molecule has 0 saturated carbocycles. The Balaban J connectivity index is 2.93. The van der Waals surface area contributed by atoms with Crippen LogP contribution in [0.1, 0.15) is 5.69 Å². The smallest absolute Gasteiger partial charge is 0.106 e. The zero-order valence-electron chi connectivity index (χ0n) is 6.26. The Hall–Kier alpha value is -0.610. The number of hydrogen-bond acceptors (Lipinski definition) is 3. The van der Waals surface area contributed by atoms with Crippen LogP contribution < -0.4 is 11.1 Å². The monoisotopic (exact) mass is 215 g/mol. The van der Waals surface area contributed by atoms with Crippen LogP contribution in [0, 0.1) is 0 Å². The Bertz CT molecular complexity index is 249. The molecule has 0 unspecified atom stereocenters. The molecule has 1 aromatic heterocycles. The number of nitrogens with zero attached hydrogens (tertiary/aromatic N) is 1. The molecular weight excluding hydrogens is 206 g/mol. The van der Waals surface area contributed by atoms with Gasteiger partial charge in [-0.05, 0) is 35.1 Å². The maximum Gasteiger partial charge on any atom is 0.106 e. The van der Waals surface area contributed by atoms with Gasteiger partial charge in [-0.25, -0.2) is 4.98 Å². The number of nitrogen functional groups attached to an aromatic ring is 1. The number of aromatic nitrogens is 1. The van der Waals surface area contributed by atoms with Crippen LogP contribution in [0.4, 0.5) is 5.69 Å². The second kappa shape index (κ2) is 3.69. The first-order valence-corrected chi connectivity index (χ1v) is 4.09. The van der Waals surface area contributed by atoms with Gasteiger partial charge in [0.25, 0.3) is 0 Å². The molecule has 0 bridgehead atoms. The lowest BCUT2D eigenvalue weighted by Gasteiger charge is -2.02. The fraction of sp³-hybridized carbons (Fsp3) is 0.286. The van der Waals surface area contributed by atoms with E-state index in [9.17, 15) is 0 Å². The molecule has 1 rings (SSSR count). The topological polar surface area (TPSA) is 50.9 Å². The molecule has 0 saturated heterocycles. The molecule has 0 aliphatic carbocycles. The summed E-state index contributed by atoms with van der Waals surface area (Å²) in [5.41, 5.74) is 7.25. The van der Waals surface area contributed by atoms with Crippen LogP contribution in [0.25, 0.3) is 0 Å². The molecule has 4 heteroatoms. The van der Waals surface area contributed by atoms with Crippen molar-refractivity contribution in [1.82, 2.24) is 10.3 Å². The third-order valence-corrected chi connectivity index (χ3v) is 1.76. The highest BCUT2D eigenvalue weighted by Gasteiger charge is 1.98. The van der Waals surface area contributed by atoms with Crippen molar-refractivity contribution in [2.24, 2.45) is 0 Å². The molecular formula is C7H10BrN3. The molecule has 1 heterocycles. The van der Waals surface area contributed by atoms with E-state index in [1.54, 1.807) is 0 Å². The van der Waals surface area contributed by atoms with E-state index in [-0.39, 0.29) is 0 Å². The van der Waals surface area contributed by atoms with E-state index >= 15 is 0 Å². The lowest BCUT2D eigenvalue weighted by molar-refractivity contribution is 0.791. The van der Waals surface area contributed by atoms with Gasteiger partial charge in [-0.3, -0.25) is 0 Å².